The first-order valence-corrected chi connectivity index (χ1v) is 6.60. The maximum Gasteiger partial charge on any atom is 0.278 e. The van der Waals surface area contributed by atoms with Gasteiger partial charge in [-0.2, -0.15) is 13.5 Å². The smallest absolute Gasteiger partial charge is 0.278 e. The number of carbonyl (C=O) groups excluding carboxylic acids is 1. The minimum atomic E-state index is -3.66. The molecule has 1 aromatic heterocycles. The second kappa shape index (κ2) is 4.61. The van der Waals surface area contributed by atoms with E-state index >= 15 is 0 Å². The summed E-state index contributed by atoms with van der Waals surface area (Å²) in [4.78, 5) is 11.1. The van der Waals surface area contributed by atoms with E-state index in [2.05, 4.69) is 14.9 Å². The highest BCUT2D eigenvalue weighted by molar-refractivity contribution is 7.92. The van der Waals surface area contributed by atoms with Gasteiger partial charge in [0.1, 0.15) is 0 Å². The molecule has 0 bridgehead atoms. The van der Waals surface area contributed by atoms with Crippen molar-refractivity contribution in [3.63, 3.8) is 0 Å². The molecule has 0 amide bonds. The number of hydrogen-bond acceptors (Lipinski definition) is 4. The molecule has 0 unspecified atom stereocenters. The molecule has 94 valence electrons. The Kier molecular flexibility index (Phi) is 3.15. The van der Waals surface area contributed by atoms with Crippen LogP contribution in [-0.2, 0) is 10.0 Å². The van der Waals surface area contributed by atoms with Crippen LogP contribution in [-0.4, -0.2) is 24.4 Å². The van der Waals surface area contributed by atoms with Gasteiger partial charge in [0.25, 0.3) is 10.0 Å². The normalized spacial score (nSPS) is 11.2. The molecule has 1 aromatic carbocycles. The number of Topliss-reactive ketones (excluding diaryl/α,β-unsaturated/α-hetero) is 1. The van der Waals surface area contributed by atoms with Crippen molar-refractivity contribution in [3.8, 4) is 0 Å². The van der Waals surface area contributed by atoms with Gasteiger partial charge in [0.15, 0.2) is 10.8 Å². The Labute approximate surface area is 104 Å². The molecule has 0 aliphatic rings. The van der Waals surface area contributed by atoms with Gasteiger partial charge in [0.2, 0.25) is 0 Å². The maximum absolute atomic E-state index is 11.8. The van der Waals surface area contributed by atoms with E-state index in [-0.39, 0.29) is 10.8 Å². The van der Waals surface area contributed by atoms with E-state index in [0.717, 1.165) is 0 Å². The van der Waals surface area contributed by atoms with Gasteiger partial charge in [-0.15, -0.1) is 0 Å². The van der Waals surface area contributed by atoms with Gasteiger partial charge in [0, 0.05) is 11.3 Å². The summed E-state index contributed by atoms with van der Waals surface area (Å²) in [7, 11) is -3.66. The number of hydrogen-bond donors (Lipinski definition) is 2. The summed E-state index contributed by atoms with van der Waals surface area (Å²) < 4.78 is 26.0. The molecular weight excluding hydrogens is 254 g/mol. The van der Waals surface area contributed by atoms with Gasteiger partial charge in [-0.1, -0.05) is 0 Å². The van der Waals surface area contributed by atoms with Crippen LogP contribution in [0.25, 0.3) is 0 Å². The lowest BCUT2D eigenvalue weighted by Crippen LogP contribution is -2.13. The van der Waals surface area contributed by atoms with Gasteiger partial charge in [-0.25, -0.2) is 0 Å². The van der Waals surface area contributed by atoms with E-state index in [1.54, 1.807) is 12.1 Å². The minimum absolute atomic E-state index is 0.0156. The van der Waals surface area contributed by atoms with Crippen LogP contribution in [0, 0.1) is 0 Å². The second-order valence-corrected chi connectivity index (χ2v) is 5.31. The number of rotatable bonds is 4. The predicted octanol–water partition coefficient (Wildman–Crippen LogP) is 1.41. The van der Waals surface area contributed by atoms with Crippen molar-refractivity contribution in [2.45, 2.75) is 11.9 Å². The minimum Gasteiger partial charge on any atom is -0.295 e. The van der Waals surface area contributed by atoms with Crippen LogP contribution in [0.4, 0.5) is 5.69 Å². The highest BCUT2D eigenvalue weighted by atomic mass is 32.2. The number of nitrogens with one attached hydrogen (secondary N) is 2. The maximum atomic E-state index is 11.8. The number of aromatic amines is 1. The average Bonchev–Trinajstić information content (AvgIpc) is 2.83. The number of carbonyl (C=O) groups is 1. The molecule has 0 fully saturated rings. The Morgan fingerprint density at radius 3 is 2.39 bits per heavy atom. The second-order valence-electron chi connectivity index (χ2n) is 3.66. The lowest BCUT2D eigenvalue weighted by Gasteiger charge is -2.06. The van der Waals surface area contributed by atoms with Crippen LogP contribution in [0.2, 0.25) is 0 Å². The van der Waals surface area contributed by atoms with Crippen LogP contribution < -0.4 is 4.72 Å². The molecular formula is C11H11N3O3S. The molecule has 2 aromatic rings. The van der Waals surface area contributed by atoms with E-state index in [1.807, 2.05) is 0 Å². The summed E-state index contributed by atoms with van der Waals surface area (Å²) in [6.07, 6.45) is 1.35. The molecule has 0 saturated heterocycles. The summed E-state index contributed by atoms with van der Waals surface area (Å²) in [5.41, 5.74) is 0.911. The van der Waals surface area contributed by atoms with Crippen molar-refractivity contribution >= 4 is 21.5 Å². The number of sulfonamides is 1. The zero-order valence-corrected chi connectivity index (χ0v) is 10.4. The van der Waals surface area contributed by atoms with E-state index in [1.165, 1.54) is 31.3 Å². The van der Waals surface area contributed by atoms with Crippen molar-refractivity contribution in [3.05, 3.63) is 42.1 Å². The van der Waals surface area contributed by atoms with E-state index in [9.17, 15) is 13.2 Å². The molecule has 1 heterocycles. The standard InChI is InChI=1S/C11H11N3O3S/c1-8(15)9-2-4-10(5-3-9)14-18(16,17)11-6-7-12-13-11/h2-7,14H,1H3,(H,12,13). The molecule has 0 saturated carbocycles. The van der Waals surface area contributed by atoms with Crippen molar-refractivity contribution in [2.24, 2.45) is 0 Å². The highest BCUT2D eigenvalue weighted by Gasteiger charge is 2.15. The number of aromatic nitrogens is 2. The molecule has 0 atom stereocenters. The van der Waals surface area contributed by atoms with Crippen molar-refractivity contribution in [1.29, 1.82) is 0 Å². The third-order valence-electron chi connectivity index (χ3n) is 2.31. The zero-order chi connectivity index (χ0) is 13.2. The molecule has 7 heteroatoms. The van der Waals surface area contributed by atoms with Crippen molar-refractivity contribution in [1.82, 2.24) is 10.2 Å². The largest absolute Gasteiger partial charge is 0.295 e. The first-order valence-electron chi connectivity index (χ1n) is 5.12. The Balaban J connectivity index is 2.22. The zero-order valence-electron chi connectivity index (χ0n) is 9.54. The fourth-order valence-corrected chi connectivity index (χ4v) is 2.35. The van der Waals surface area contributed by atoms with Crippen molar-refractivity contribution < 1.29 is 13.2 Å². The summed E-state index contributed by atoms with van der Waals surface area (Å²) >= 11 is 0. The van der Waals surface area contributed by atoms with E-state index in [4.69, 9.17) is 0 Å². The third-order valence-corrected chi connectivity index (χ3v) is 3.62. The Morgan fingerprint density at radius 2 is 1.89 bits per heavy atom. The summed E-state index contributed by atoms with van der Waals surface area (Å²) in [6.45, 7) is 1.45. The van der Waals surface area contributed by atoms with Gasteiger partial charge >= 0.3 is 0 Å². The number of nitrogens with zero attached hydrogens (tertiary/aromatic N) is 1. The van der Waals surface area contributed by atoms with Gasteiger partial charge < -0.3 is 0 Å². The summed E-state index contributed by atoms with van der Waals surface area (Å²) in [5.74, 6) is -0.0713. The Bertz CT molecular complexity index is 645. The first-order chi connectivity index (χ1) is 8.49. The topological polar surface area (TPSA) is 91.9 Å². The molecule has 0 aliphatic heterocycles. The fourth-order valence-electron chi connectivity index (χ4n) is 1.38. The molecule has 2 N–H and O–H groups in total. The number of benzene rings is 1. The van der Waals surface area contributed by atoms with E-state index in [0.29, 0.717) is 11.3 Å². The lowest BCUT2D eigenvalue weighted by molar-refractivity contribution is 0.101. The van der Waals surface area contributed by atoms with Crippen LogP contribution in [0.1, 0.15) is 17.3 Å². The van der Waals surface area contributed by atoms with Crippen LogP contribution >= 0.6 is 0 Å². The van der Waals surface area contributed by atoms with Crippen LogP contribution in [0.5, 0.6) is 0 Å². The van der Waals surface area contributed by atoms with Gasteiger partial charge in [0.05, 0.1) is 6.20 Å². The Hall–Kier alpha value is -2.15. The number of H-pyrrole nitrogens is 1. The molecule has 18 heavy (non-hydrogen) atoms. The Morgan fingerprint density at radius 1 is 1.22 bits per heavy atom. The molecule has 2 rings (SSSR count). The number of ketones is 1. The average molecular weight is 265 g/mol. The van der Waals surface area contributed by atoms with Crippen molar-refractivity contribution in [2.75, 3.05) is 4.72 Å². The molecule has 6 nitrogen and oxygen atoms in total. The monoisotopic (exact) mass is 265 g/mol. The lowest BCUT2D eigenvalue weighted by atomic mass is 10.1. The quantitative estimate of drug-likeness (QED) is 0.817. The van der Waals surface area contributed by atoms with Crippen LogP contribution in [0.3, 0.4) is 0 Å². The molecule has 0 spiro atoms. The summed E-state index contributed by atoms with van der Waals surface area (Å²) in [6, 6.07) is 7.54. The van der Waals surface area contributed by atoms with Crippen LogP contribution in [0.15, 0.2) is 41.6 Å². The molecule has 0 radical (unpaired) electrons. The van der Waals surface area contributed by atoms with E-state index < -0.39 is 10.0 Å². The number of anilines is 1. The SMILES string of the molecule is CC(=O)c1ccc(NS(=O)(=O)c2ccn[nH]2)cc1. The molecule has 0 aliphatic carbocycles. The third kappa shape index (κ3) is 2.57. The van der Waals surface area contributed by atoms with Gasteiger partial charge in [-0.05, 0) is 37.3 Å². The predicted molar refractivity (Wildman–Crippen MR) is 65.8 cm³/mol. The first kappa shape index (κ1) is 12.3. The highest BCUT2D eigenvalue weighted by Crippen LogP contribution is 2.15. The fraction of sp³-hybridized carbons (Fsp3) is 0.0909. The summed E-state index contributed by atoms with van der Waals surface area (Å²) in [5, 5.41) is 5.94. The van der Waals surface area contributed by atoms with Gasteiger partial charge in [-0.3, -0.25) is 14.6 Å².